The van der Waals surface area contributed by atoms with Crippen LogP contribution in [0.3, 0.4) is 0 Å². The molecule has 0 N–H and O–H groups in total. The summed E-state index contributed by atoms with van der Waals surface area (Å²) in [5.74, 6) is 2.06. The van der Waals surface area contributed by atoms with Crippen molar-refractivity contribution in [1.82, 2.24) is 15.0 Å². The first-order valence-electron chi connectivity index (χ1n) is 9.48. The number of carbonyl (C=O) groups is 1. The number of carbonyl (C=O) groups excluding carboxylic acids is 1. The van der Waals surface area contributed by atoms with Gasteiger partial charge in [-0.25, -0.2) is 0 Å². The van der Waals surface area contributed by atoms with Gasteiger partial charge in [0.1, 0.15) is 11.5 Å². The van der Waals surface area contributed by atoms with Crippen LogP contribution in [-0.4, -0.2) is 41.2 Å². The SMILES string of the molecule is CCc1ccccc1O[C@H](C)C(=O)N(C)Cc1nc(-c2cccc(OC)c2)no1. The molecule has 3 rings (SSSR count). The molecule has 1 heterocycles. The van der Waals surface area contributed by atoms with Crippen LogP contribution in [0.4, 0.5) is 0 Å². The summed E-state index contributed by atoms with van der Waals surface area (Å²) < 4.78 is 16.4. The van der Waals surface area contributed by atoms with E-state index >= 15 is 0 Å². The average Bonchev–Trinajstić information content (AvgIpc) is 3.22. The predicted molar refractivity (Wildman–Crippen MR) is 109 cm³/mol. The molecule has 0 unspecified atom stereocenters. The maximum absolute atomic E-state index is 12.7. The molecule has 7 heteroatoms. The fraction of sp³-hybridized carbons (Fsp3) is 0.318. The largest absolute Gasteiger partial charge is 0.497 e. The van der Waals surface area contributed by atoms with E-state index in [4.69, 9.17) is 14.0 Å². The molecule has 0 saturated heterocycles. The predicted octanol–water partition coefficient (Wildman–Crippen LogP) is 3.73. The molecule has 0 aliphatic rings. The van der Waals surface area contributed by atoms with Gasteiger partial charge >= 0.3 is 0 Å². The summed E-state index contributed by atoms with van der Waals surface area (Å²) in [7, 11) is 3.28. The minimum Gasteiger partial charge on any atom is -0.497 e. The number of hydrogen-bond acceptors (Lipinski definition) is 6. The highest BCUT2D eigenvalue weighted by atomic mass is 16.5. The summed E-state index contributed by atoms with van der Waals surface area (Å²) in [5.41, 5.74) is 1.84. The van der Waals surface area contributed by atoms with Crippen LogP contribution in [0.15, 0.2) is 53.1 Å². The number of aryl methyl sites for hydroxylation is 1. The second-order valence-corrected chi connectivity index (χ2v) is 6.66. The molecule has 1 amide bonds. The fourth-order valence-corrected chi connectivity index (χ4v) is 2.94. The first-order chi connectivity index (χ1) is 14.0. The number of rotatable bonds is 8. The molecule has 1 aromatic heterocycles. The van der Waals surface area contributed by atoms with Crippen LogP contribution in [0.1, 0.15) is 25.3 Å². The highest BCUT2D eigenvalue weighted by Gasteiger charge is 2.22. The summed E-state index contributed by atoms with van der Waals surface area (Å²) >= 11 is 0. The Balaban J connectivity index is 1.64. The summed E-state index contributed by atoms with van der Waals surface area (Å²) in [6.07, 6.45) is 0.204. The summed E-state index contributed by atoms with van der Waals surface area (Å²) in [6, 6.07) is 15.1. The van der Waals surface area contributed by atoms with Crippen LogP contribution >= 0.6 is 0 Å². The lowest BCUT2D eigenvalue weighted by atomic mass is 10.1. The van der Waals surface area contributed by atoms with Crippen molar-refractivity contribution in [2.75, 3.05) is 14.2 Å². The molecule has 0 fully saturated rings. The molecule has 0 spiro atoms. The number of hydrogen-bond donors (Lipinski definition) is 0. The maximum Gasteiger partial charge on any atom is 0.263 e. The molecule has 0 bridgehead atoms. The smallest absolute Gasteiger partial charge is 0.263 e. The van der Waals surface area contributed by atoms with Gasteiger partial charge in [-0.1, -0.05) is 42.4 Å². The fourth-order valence-electron chi connectivity index (χ4n) is 2.94. The Bertz CT molecular complexity index is 970. The van der Waals surface area contributed by atoms with Gasteiger partial charge in [-0.15, -0.1) is 0 Å². The van der Waals surface area contributed by atoms with Crippen LogP contribution in [-0.2, 0) is 17.8 Å². The molecule has 0 aliphatic heterocycles. The Morgan fingerprint density at radius 1 is 1.21 bits per heavy atom. The van der Waals surface area contributed by atoms with Crippen LogP contribution in [0, 0.1) is 0 Å². The van der Waals surface area contributed by atoms with E-state index in [0.717, 1.165) is 23.3 Å². The molecule has 3 aromatic rings. The van der Waals surface area contributed by atoms with Gasteiger partial charge in [0.2, 0.25) is 11.7 Å². The second kappa shape index (κ2) is 9.23. The molecule has 1 atom stereocenters. The minimum atomic E-state index is -0.631. The minimum absolute atomic E-state index is 0.169. The van der Waals surface area contributed by atoms with E-state index in [1.54, 1.807) is 21.1 Å². The Morgan fingerprint density at radius 2 is 2.00 bits per heavy atom. The van der Waals surface area contributed by atoms with Crippen LogP contribution in [0.2, 0.25) is 0 Å². The van der Waals surface area contributed by atoms with Gasteiger partial charge in [0.25, 0.3) is 5.91 Å². The molecular formula is C22H25N3O4. The standard InChI is InChI=1S/C22H25N3O4/c1-5-16-9-6-7-12-19(16)28-15(2)22(26)25(3)14-20-23-21(24-29-20)17-10-8-11-18(13-17)27-4/h6-13,15H,5,14H2,1-4H3/t15-/m1/s1. The van der Waals surface area contributed by atoms with E-state index < -0.39 is 6.10 Å². The normalized spacial score (nSPS) is 11.7. The molecule has 0 radical (unpaired) electrons. The number of aromatic nitrogens is 2. The molecular weight excluding hydrogens is 370 g/mol. The van der Waals surface area contributed by atoms with Crippen LogP contribution in [0.5, 0.6) is 11.5 Å². The molecule has 0 saturated carbocycles. The van der Waals surface area contributed by atoms with E-state index in [1.165, 1.54) is 4.90 Å². The Kier molecular flexibility index (Phi) is 6.49. The number of ether oxygens (including phenoxy) is 2. The van der Waals surface area contributed by atoms with Crippen molar-refractivity contribution in [3.8, 4) is 22.9 Å². The van der Waals surface area contributed by atoms with Crippen molar-refractivity contribution in [3.63, 3.8) is 0 Å². The Labute approximate surface area is 170 Å². The summed E-state index contributed by atoms with van der Waals surface area (Å²) in [4.78, 5) is 18.6. The van der Waals surface area contributed by atoms with Crippen molar-refractivity contribution in [2.45, 2.75) is 32.9 Å². The third-order valence-corrected chi connectivity index (χ3v) is 4.55. The van der Waals surface area contributed by atoms with Gasteiger partial charge in [-0.3, -0.25) is 4.79 Å². The summed E-state index contributed by atoms with van der Waals surface area (Å²) in [6.45, 7) is 3.98. The lowest BCUT2D eigenvalue weighted by Crippen LogP contribution is -2.37. The molecule has 29 heavy (non-hydrogen) atoms. The maximum atomic E-state index is 12.7. The second-order valence-electron chi connectivity index (χ2n) is 6.66. The van der Waals surface area contributed by atoms with Gasteiger partial charge in [0, 0.05) is 12.6 Å². The van der Waals surface area contributed by atoms with E-state index in [9.17, 15) is 4.79 Å². The van der Waals surface area contributed by atoms with Crippen molar-refractivity contribution in [1.29, 1.82) is 0 Å². The third-order valence-electron chi connectivity index (χ3n) is 4.55. The van der Waals surface area contributed by atoms with Crippen molar-refractivity contribution in [2.24, 2.45) is 0 Å². The number of benzene rings is 2. The van der Waals surface area contributed by atoms with E-state index in [0.29, 0.717) is 17.5 Å². The third kappa shape index (κ3) is 4.93. The van der Waals surface area contributed by atoms with E-state index in [-0.39, 0.29) is 12.5 Å². The zero-order valence-corrected chi connectivity index (χ0v) is 17.1. The highest BCUT2D eigenvalue weighted by Crippen LogP contribution is 2.22. The van der Waals surface area contributed by atoms with E-state index in [2.05, 4.69) is 17.1 Å². The lowest BCUT2D eigenvalue weighted by Gasteiger charge is -2.21. The first-order valence-corrected chi connectivity index (χ1v) is 9.48. The average molecular weight is 395 g/mol. The van der Waals surface area contributed by atoms with Gasteiger partial charge in [-0.05, 0) is 37.1 Å². The first kappa shape index (κ1) is 20.4. The number of amides is 1. The topological polar surface area (TPSA) is 77.7 Å². The van der Waals surface area contributed by atoms with Gasteiger partial charge in [-0.2, -0.15) is 4.98 Å². The quantitative estimate of drug-likeness (QED) is 0.578. The van der Waals surface area contributed by atoms with Crippen LogP contribution in [0.25, 0.3) is 11.4 Å². The van der Waals surface area contributed by atoms with E-state index in [1.807, 2.05) is 48.5 Å². The zero-order valence-electron chi connectivity index (χ0n) is 17.1. The van der Waals surface area contributed by atoms with Gasteiger partial charge in [0.15, 0.2) is 6.10 Å². The Hall–Kier alpha value is -3.35. The van der Waals surface area contributed by atoms with Crippen molar-refractivity contribution >= 4 is 5.91 Å². The molecule has 2 aromatic carbocycles. The Morgan fingerprint density at radius 3 is 2.76 bits per heavy atom. The highest BCUT2D eigenvalue weighted by molar-refractivity contribution is 5.80. The van der Waals surface area contributed by atoms with Gasteiger partial charge < -0.3 is 18.9 Å². The van der Waals surface area contributed by atoms with Crippen molar-refractivity contribution < 1.29 is 18.8 Å². The van der Waals surface area contributed by atoms with Gasteiger partial charge in [0.05, 0.1) is 13.7 Å². The summed E-state index contributed by atoms with van der Waals surface area (Å²) in [5, 5.41) is 4.00. The molecule has 7 nitrogen and oxygen atoms in total. The van der Waals surface area contributed by atoms with Crippen molar-refractivity contribution in [3.05, 3.63) is 60.0 Å². The monoisotopic (exact) mass is 395 g/mol. The zero-order chi connectivity index (χ0) is 20.8. The molecule has 0 aliphatic carbocycles. The molecule has 152 valence electrons. The number of likely N-dealkylation sites (N-methyl/N-ethyl adjacent to an activating group) is 1. The number of para-hydroxylation sites is 1. The number of methoxy groups -OCH3 is 1. The lowest BCUT2D eigenvalue weighted by molar-refractivity contribution is -0.137. The van der Waals surface area contributed by atoms with Crippen LogP contribution < -0.4 is 9.47 Å². The number of nitrogens with zero attached hydrogens (tertiary/aromatic N) is 3.